The molecule has 0 saturated carbocycles. The van der Waals surface area contributed by atoms with Gasteiger partial charge < -0.3 is 20.7 Å². The van der Waals surface area contributed by atoms with Crippen LogP contribution in [0.15, 0.2) is 24.3 Å². The summed E-state index contributed by atoms with van der Waals surface area (Å²) < 4.78 is 4.55. The predicted molar refractivity (Wildman–Crippen MR) is 96.1 cm³/mol. The molecule has 0 aromatic heterocycles. The van der Waals surface area contributed by atoms with E-state index in [2.05, 4.69) is 20.7 Å². The second kappa shape index (κ2) is 11.1. The molecular weight excluding hydrogens is 322 g/mol. The van der Waals surface area contributed by atoms with Gasteiger partial charge in [0.2, 0.25) is 5.91 Å². The first kappa shape index (κ1) is 20.5. The van der Waals surface area contributed by atoms with Crippen LogP contribution in [0.25, 0.3) is 0 Å². The molecular formula is C18H27N3O4. The maximum absolute atomic E-state index is 11.8. The van der Waals surface area contributed by atoms with Crippen LogP contribution in [0.5, 0.6) is 0 Å². The number of urea groups is 1. The summed E-state index contributed by atoms with van der Waals surface area (Å²) in [7, 11) is 1.35. The van der Waals surface area contributed by atoms with E-state index in [9.17, 15) is 14.4 Å². The highest BCUT2D eigenvalue weighted by atomic mass is 16.5. The van der Waals surface area contributed by atoms with Crippen LogP contribution < -0.4 is 16.0 Å². The highest BCUT2D eigenvalue weighted by Crippen LogP contribution is 2.09. The van der Waals surface area contributed by atoms with Crippen LogP contribution in [-0.4, -0.2) is 31.1 Å². The molecule has 3 N–H and O–H groups in total. The van der Waals surface area contributed by atoms with E-state index in [4.69, 9.17) is 0 Å². The maximum Gasteiger partial charge on any atom is 0.319 e. The lowest BCUT2D eigenvalue weighted by molar-refractivity contribution is -0.140. The van der Waals surface area contributed by atoms with Crippen molar-refractivity contribution in [3.8, 4) is 0 Å². The minimum atomic E-state index is -0.254. The van der Waals surface area contributed by atoms with Gasteiger partial charge in [0.25, 0.3) is 0 Å². The molecule has 0 bridgehead atoms. The van der Waals surface area contributed by atoms with Crippen molar-refractivity contribution in [2.75, 3.05) is 12.4 Å². The molecule has 0 radical (unpaired) electrons. The molecule has 0 fully saturated rings. The van der Waals surface area contributed by atoms with Gasteiger partial charge in [-0.15, -0.1) is 0 Å². The van der Waals surface area contributed by atoms with Crippen LogP contribution in [-0.2, 0) is 20.9 Å². The summed E-state index contributed by atoms with van der Waals surface area (Å²) in [5.74, 6) is -0.306. The normalized spacial score (nSPS) is 10.2. The van der Waals surface area contributed by atoms with E-state index in [-0.39, 0.29) is 23.9 Å². The van der Waals surface area contributed by atoms with Gasteiger partial charge in [-0.2, -0.15) is 0 Å². The highest BCUT2D eigenvalue weighted by molar-refractivity contribution is 5.89. The quantitative estimate of drug-likeness (QED) is 0.471. The monoisotopic (exact) mass is 349 g/mol. The molecule has 1 aromatic carbocycles. The zero-order valence-corrected chi connectivity index (χ0v) is 15.1. The van der Waals surface area contributed by atoms with Gasteiger partial charge in [-0.1, -0.05) is 12.1 Å². The predicted octanol–water partition coefficient (Wildman–Crippen LogP) is 2.57. The van der Waals surface area contributed by atoms with Gasteiger partial charge in [0.05, 0.1) is 7.11 Å². The zero-order chi connectivity index (χ0) is 18.7. The van der Waals surface area contributed by atoms with Crippen molar-refractivity contribution in [3.05, 3.63) is 29.8 Å². The van der Waals surface area contributed by atoms with Crippen molar-refractivity contribution in [2.45, 2.75) is 52.1 Å². The summed E-state index contributed by atoms with van der Waals surface area (Å²) in [5.41, 5.74) is 1.63. The number of carbonyl (C=O) groups excluding carboxylic acids is 3. The van der Waals surface area contributed by atoms with E-state index < -0.39 is 0 Å². The van der Waals surface area contributed by atoms with Gasteiger partial charge in [-0.05, 0) is 44.4 Å². The van der Waals surface area contributed by atoms with Crippen LogP contribution in [0, 0.1) is 0 Å². The Balaban J connectivity index is 2.27. The third-order valence-corrected chi connectivity index (χ3v) is 3.38. The number of methoxy groups -OCH3 is 1. The first-order valence-corrected chi connectivity index (χ1v) is 8.40. The van der Waals surface area contributed by atoms with E-state index in [1.54, 1.807) is 12.1 Å². The van der Waals surface area contributed by atoms with Crippen LogP contribution in [0.2, 0.25) is 0 Å². The van der Waals surface area contributed by atoms with Crippen molar-refractivity contribution in [1.82, 2.24) is 10.6 Å². The first-order chi connectivity index (χ1) is 11.9. The van der Waals surface area contributed by atoms with E-state index in [1.165, 1.54) is 7.11 Å². The summed E-state index contributed by atoms with van der Waals surface area (Å²) >= 11 is 0. The number of anilines is 1. The molecule has 1 rings (SSSR count). The van der Waals surface area contributed by atoms with Crippen LogP contribution in [0.4, 0.5) is 10.5 Å². The second-order valence-electron chi connectivity index (χ2n) is 6.01. The van der Waals surface area contributed by atoms with Gasteiger partial charge in [0.15, 0.2) is 0 Å². The van der Waals surface area contributed by atoms with Crippen LogP contribution in [0.1, 0.15) is 45.1 Å². The number of amides is 3. The first-order valence-electron chi connectivity index (χ1n) is 8.40. The van der Waals surface area contributed by atoms with Crippen molar-refractivity contribution < 1.29 is 19.1 Å². The number of hydrogen-bond donors (Lipinski definition) is 3. The largest absolute Gasteiger partial charge is 0.469 e. The number of carbonyl (C=O) groups is 3. The average Bonchev–Trinajstić information content (AvgIpc) is 2.57. The van der Waals surface area contributed by atoms with Crippen molar-refractivity contribution >= 4 is 23.6 Å². The molecule has 0 saturated heterocycles. The number of benzene rings is 1. The Morgan fingerprint density at radius 1 is 1.04 bits per heavy atom. The second-order valence-corrected chi connectivity index (χ2v) is 6.01. The molecule has 7 heteroatoms. The minimum absolute atomic E-state index is 0.0524. The van der Waals surface area contributed by atoms with Gasteiger partial charge in [-0.25, -0.2) is 4.79 Å². The Bertz CT molecular complexity index is 570. The molecule has 3 amide bonds. The summed E-state index contributed by atoms with van der Waals surface area (Å²) in [5, 5.41) is 8.32. The summed E-state index contributed by atoms with van der Waals surface area (Å²) in [6.07, 6.45) is 2.00. The third kappa shape index (κ3) is 9.34. The molecule has 0 atom stereocenters. The number of esters is 1. The van der Waals surface area contributed by atoms with E-state index in [0.717, 1.165) is 5.56 Å². The average molecular weight is 349 g/mol. The smallest absolute Gasteiger partial charge is 0.319 e. The Labute approximate surface area is 148 Å². The number of unbranched alkanes of at least 4 members (excludes halogenated alkanes) is 1. The molecule has 0 aliphatic heterocycles. The van der Waals surface area contributed by atoms with Gasteiger partial charge >= 0.3 is 12.0 Å². The molecule has 0 aliphatic carbocycles. The van der Waals surface area contributed by atoms with Crippen molar-refractivity contribution in [2.24, 2.45) is 0 Å². The standard InChI is InChI=1S/C18H27N3O4/c1-13(2)20-18(24)21-15-10-8-14(9-11-15)12-19-16(22)6-4-5-7-17(23)25-3/h8-11,13H,4-7,12H2,1-3H3,(H,19,22)(H2,20,21,24). The fraction of sp³-hybridized carbons (Fsp3) is 0.500. The minimum Gasteiger partial charge on any atom is -0.469 e. The van der Waals surface area contributed by atoms with E-state index in [0.29, 0.717) is 37.9 Å². The number of rotatable bonds is 9. The fourth-order valence-corrected chi connectivity index (χ4v) is 2.08. The molecule has 0 heterocycles. The van der Waals surface area contributed by atoms with Crippen molar-refractivity contribution in [1.29, 1.82) is 0 Å². The molecule has 1 aromatic rings. The van der Waals surface area contributed by atoms with Crippen LogP contribution in [0.3, 0.4) is 0 Å². The zero-order valence-electron chi connectivity index (χ0n) is 15.1. The molecule has 7 nitrogen and oxygen atoms in total. The topological polar surface area (TPSA) is 96.5 Å². The highest BCUT2D eigenvalue weighted by Gasteiger charge is 2.05. The summed E-state index contributed by atoms with van der Waals surface area (Å²) in [6, 6.07) is 7.10. The molecule has 0 unspecified atom stereocenters. The molecule has 0 spiro atoms. The Hall–Kier alpha value is -2.57. The Kier molecular flexibility index (Phi) is 9.06. The molecule has 0 aliphatic rings. The maximum atomic E-state index is 11.8. The van der Waals surface area contributed by atoms with Crippen molar-refractivity contribution in [3.63, 3.8) is 0 Å². The lowest BCUT2D eigenvalue weighted by Crippen LogP contribution is -2.34. The molecule has 138 valence electrons. The van der Waals surface area contributed by atoms with Gasteiger partial charge in [0, 0.05) is 31.1 Å². The third-order valence-electron chi connectivity index (χ3n) is 3.38. The summed E-state index contributed by atoms with van der Waals surface area (Å²) in [6.45, 7) is 4.20. The van der Waals surface area contributed by atoms with E-state index in [1.807, 2.05) is 26.0 Å². The number of ether oxygens (including phenoxy) is 1. The van der Waals surface area contributed by atoms with Gasteiger partial charge in [-0.3, -0.25) is 9.59 Å². The Morgan fingerprint density at radius 3 is 2.28 bits per heavy atom. The van der Waals surface area contributed by atoms with E-state index >= 15 is 0 Å². The fourth-order valence-electron chi connectivity index (χ4n) is 2.08. The number of hydrogen-bond acceptors (Lipinski definition) is 4. The SMILES string of the molecule is COC(=O)CCCCC(=O)NCc1ccc(NC(=O)NC(C)C)cc1. The lowest BCUT2D eigenvalue weighted by atomic mass is 10.1. The molecule has 25 heavy (non-hydrogen) atoms. The Morgan fingerprint density at radius 2 is 1.68 bits per heavy atom. The van der Waals surface area contributed by atoms with Crippen LogP contribution >= 0.6 is 0 Å². The van der Waals surface area contributed by atoms with Gasteiger partial charge in [0.1, 0.15) is 0 Å². The lowest BCUT2D eigenvalue weighted by Gasteiger charge is -2.11. The summed E-state index contributed by atoms with van der Waals surface area (Å²) in [4.78, 5) is 34.3. The number of nitrogens with one attached hydrogen (secondary N) is 3.